The molecule has 1 N–H and O–H groups in total. The maximum Gasteiger partial charge on any atom is 0.227 e. The molecule has 4 nitrogen and oxygen atoms in total. The number of hydrogen-bond donors (Lipinski definition) is 1. The van der Waals surface area contributed by atoms with E-state index in [-0.39, 0.29) is 31.5 Å². The number of aromatic amines is 1. The van der Waals surface area contributed by atoms with Gasteiger partial charge < -0.3 is 14.5 Å². The molecule has 0 unspecified atom stereocenters. The molecule has 0 aliphatic carbocycles. The first-order valence-electron chi connectivity index (χ1n) is 2.57. The molecule has 1 aromatic rings. The van der Waals surface area contributed by atoms with Gasteiger partial charge in [0.05, 0.1) is 0 Å². The first-order chi connectivity index (χ1) is 4.79. The number of H-pyrrole nitrogens is 1. The number of fused-ring (bicyclic) bond motifs is 1. The van der Waals surface area contributed by atoms with E-state index in [9.17, 15) is 9.59 Å². The molecule has 2 rings (SSSR count). The number of esters is 2. The molecule has 2 heterocycles. The second kappa shape index (κ2) is 2.99. The van der Waals surface area contributed by atoms with Gasteiger partial charge in [-0.2, -0.15) is 11.1 Å². The van der Waals surface area contributed by atoms with E-state index in [1.807, 2.05) is 0 Å². The van der Waals surface area contributed by atoms with Crippen LogP contribution in [0, 0.1) is 12.4 Å². The normalized spacial score (nSPS) is 12.7. The Labute approximate surface area is 75.6 Å². The molecule has 0 fully saturated rings. The van der Waals surface area contributed by atoms with Crippen molar-refractivity contribution in [1.29, 1.82) is 0 Å². The average Bonchev–Trinajstić information content (AvgIpc) is 2.39. The van der Waals surface area contributed by atoms with Crippen LogP contribution in [0.3, 0.4) is 0 Å². The summed E-state index contributed by atoms with van der Waals surface area (Å²) in [5, 5.41) is 0. The third-order valence-electron chi connectivity index (χ3n) is 1.22. The van der Waals surface area contributed by atoms with Gasteiger partial charge in [0.1, 0.15) is 0 Å². The van der Waals surface area contributed by atoms with Crippen molar-refractivity contribution in [3.8, 4) is 0 Å². The third-order valence-corrected chi connectivity index (χ3v) is 1.22. The minimum Gasteiger partial charge on any atom is -0.555 e. The number of hydrogen-bond acceptors (Lipinski definition) is 3. The van der Waals surface area contributed by atoms with Crippen LogP contribution in [-0.2, 0) is 25.2 Å². The van der Waals surface area contributed by atoms with Crippen LogP contribution >= 0.6 is 0 Å². The Bertz CT molecular complexity index is 294. The maximum absolute atomic E-state index is 10.6. The summed E-state index contributed by atoms with van der Waals surface area (Å²) in [6.45, 7) is 0. The van der Waals surface area contributed by atoms with E-state index in [2.05, 4.69) is 22.1 Å². The van der Waals surface area contributed by atoms with Crippen molar-refractivity contribution >= 4 is 11.9 Å². The zero-order chi connectivity index (χ0) is 7.14. The fraction of sp³-hybridized carbons (Fsp3) is 0. The minimum atomic E-state index is -0.655. The molecule has 0 amide bonds. The zero-order valence-electron chi connectivity index (χ0n) is 5.81. The van der Waals surface area contributed by atoms with Crippen LogP contribution in [0.2, 0.25) is 0 Å². The molecule has 0 spiro atoms. The summed E-state index contributed by atoms with van der Waals surface area (Å²) in [5.41, 5.74) is 0.287. The molecule has 0 saturated heterocycles. The molecule has 59 valence electrons. The summed E-state index contributed by atoms with van der Waals surface area (Å²) >= 11 is 0. The van der Waals surface area contributed by atoms with Crippen LogP contribution < -0.4 is 0 Å². The molecule has 1 radical (unpaired) electrons. The molecule has 0 aromatic carbocycles. The summed E-state index contributed by atoms with van der Waals surface area (Å²) in [6, 6.07) is 0. The van der Waals surface area contributed by atoms with Crippen molar-refractivity contribution in [2.24, 2.45) is 0 Å². The molecular weight excluding hydrogens is 587 g/mol. The fourth-order valence-electron chi connectivity index (χ4n) is 0.774. The molecule has 1 aliphatic rings. The molecular formula is C6HNO3ReRf-2. The van der Waals surface area contributed by atoms with Crippen molar-refractivity contribution in [3.05, 3.63) is 23.5 Å². The molecule has 12 heavy (non-hydrogen) atoms. The monoisotopic (exact) mass is 589 g/mol. The largest absolute Gasteiger partial charge is 0.555 e. The maximum atomic E-state index is 10.6. The predicted molar refractivity (Wildman–Crippen MR) is 28.2 cm³/mol. The SMILES string of the molecule is O=C1OC(=O)c2[c-][nH][c-]c21.[Re].[Rf]. The molecule has 1 aliphatic heterocycles. The first-order valence-corrected chi connectivity index (χ1v) is 2.57. The zero-order valence-corrected chi connectivity index (χ0v) is 14.9. The third kappa shape index (κ3) is 1.01. The van der Waals surface area contributed by atoms with Crippen molar-refractivity contribution in [2.45, 2.75) is 0 Å². The molecule has 6 heteroatoms. The minimum absolute atomic E-state index is 0. The van der Waals surface area contributed by atoms with E-state index >= 15 is 0 Å². The van der Waals surface area contributed by atoms with Gasteiger partial charge in [-0.15, -0.1) is 0 Å². The quantitative estimate of drug-likeness (QED) is 0.263. The molecule has 0 saturated carbocycles. The first kappa shape index (κ1) is 10.1. The number of aromatic nitrogens is 1. The van der Waals surface area contributed by atoms with Crippen molar-refractivity contribution in [3.63, 3.8) is 0 Å². The van der Waals surface area contributed by atoms with E-state index in [1.54, 1.807) is 0 Å². The van der Waals surface area contributed by atoms with Gasteiger partial charge in [-0.25, -0.2) is 6.20 Å². The smallest absolute Gasteiger partial charge is 0.227 e. The molecule has 0 atom stereocenters. The van der Waals surface area contributed by atoms with Crippen molar-refractivity contribution in [1.82, 2.24) is 4.98 Å². The average molecular weight is 588 g/mol. The number of rotatable bonds is 0. The number of carbonyl (C=O) groups is 2. The van der Waals surface area contributed by atoms with E-state index in [0.29, 0.717) is 0 Å². The van der Waals surface area contributed by atoms with Crippen LogP contribution in [0.5, 0.6) is 0 Å². The van der Waals surface area contributed by atoms with Crippen LogP contribution in [0.15, 0.2) is 0 Å². The Kier molecular flexibility index (Phi) is 2.51. The number of nitrogens with one attached hydrogen (secondary N) is 1. The van der Waals surface area contributed by atoms with E-state index in [0.717, 1.165) is 0 Å². The number of ether oxygens (including phenoxy) is 1. The van der Waals surface area contributed by atoms with Gasteiger partial charge in [0.15, 0.2) is 5.97 Å². The molecule has 0 bridgehead atoms. The number of cyclic esters (lactones) is 2. The van der Waals surface area contributed by atoms with Gasteiger partial charge in [0.2, 0.25) is 5.97 Å². The van der Waals surface area contributed by atoms with Crippen LogP contribution in [0.4, 0.5) is 0 Å². The van der Waals surface area contributed by atoms with Gasteiger partial charge in [-0.1, -0.05) is 0 Å². The van der Waals surface area contributed by atoms with Crippen LogP contribution in [0.25, 0.3) is 0 Å². The van der Waals surface area contributed by atoms with Gasteiger partial charge in [-0.05, 0) is 0 Å². The molecule has 1 aromatic heterocycles. The standard InChI is InChI=1S/C6HNO3.Re.Rf/c8-5-3-1-7-2-4(3)6(9)10-5;;/h7H;;/q-2;;. The Morgan fingerprint density at radius 2 is 1.50 bits per heavy atom. The van der Waals surface area contributed by atoms with Gasteiger partial charge in [-0.3, -0.25) is 11.0 Å². The summed E-state index contributed by atoms with van der Waals surface area (Å²) in [4.78, 5) is 23.6. The Balaban J connectivity index is 0.000000605. The summed E-state index contributed by atoms with van der Waals surface area (Å²) in [7, 11) is 0. The second-order valence-corrected chi connectivity index (χ2v) is 1.80. The number of carbonyl (C=O) groups excluding carboxylic acids is 2. The summed E-state index contributed by atoms with van der Waals surface area (Å²) in [5.74, 6) is -1.31. The Morgan fingerprint density at radius 3 is 1.92 bits per heavy atom. The fourth-order valence-corrected chi connectivity index (χ4v) is 0.774. The van der Waals surface area contributed by atoms with E-state index < -0.39 is 11.9 Å². The van der Waals surface area contributed by atoms with Gasteiger partial charge in [0, 0.05) is 20.4 Å². The van der Waals surface area contributed by atoms with E-state index in [4.69, 9.17) is 0 Å². The van der Waals surface area contributed by atoms with Crippen LogP contribution in [0.1, 0.15) is 20.7 Å². The van der Waals surface area contributed by atoms with Gasteiger partial charge in [0.25, 0.3) is 0 Å². The predicted octanol–water partition coefficient (Wildman–Crippen LogP) is -0.0768. The topological polar surface area (TPSA) is 59.2 Å². The van der Waals surface area contributed by atoms with Crippen molar-refractivity contribution in [2.75, 3.05) is 0 Å². The summed E-state index contributed by atoms with van der Waals surface area (Å²) in [6.07, 6.45) is 4.84. The van der Waals surface area contributed by atoms with Crippen molar-refractivity contribution < 1.29 is 34.7 Å². The van der Waals surface area contributed by atoms with Gasteiger partial charge >= 0.3 is 0 Å². The van der Waals surface area contributed by atoms with Crippen LogP contribution in [-0.4, -0.2) is 16.9 Å². The Hall–Kier alpha value is -1.92. The Morgan fingerprint density at radius 1 is 1.08 bits per heavy atom. The summed E-state index contributed by atoms with van der Waals surface area (Å²) < 4.78 is 4.21. The second-order valence-electron chi connectivity index (χ2n) is 1.80. The van der Waals surface area contributed by atoms with E-state index in [1.165, 1.54) is 0 Å².